The van der Waals surface area contributed by atoms with E-state index in [0.29, 0.717) is 0 Å². The standard InChI is InChI=1S/C14H18N4O3/c1-18(2)17-14(21)16-12(13(19)20)7-9-8-15-11-6-4-3-5-10(9)11/h3-6,8,12,15H,7H2,1-2H3,(H,19,20)(H2,16,17,21)/t12-/m1/s1. The summed E-state index contributed by atoms with van der Waals surface area (Å²) in [6, 6.07) is 6.08. The van der Waals surface area contributed by atoms with E-state index in [1.165, 1.54) is 5.01 Å². The van der Waals surface area contributed by atoms with Crippen molar-refractivity contribution in [3.8, 4) is 0 Å². The fourth-order valence-corrected chi connectivity index (χ4v) is 2.11. The zero-order valence-electron chi connectivity index (χ0n) is 11.9. The number of hydrazine groups is 1. The number of para-hydroxylation sites is 1. The van der Waals surface area contributed by atoms with Crippen LogP contribution in [0.1, 0.15) is 5.56 Å². The number of carboxylic acids is 1. The van der Waals surface area contributed by atoms with Gasteiger partial charge in [-0.15, -0.1) is 0 Å². The van der Waals surface area contributed by atoms with Gasteiger partial charge in [0.15, 0.2) is 0 Å². The molecule has 0 spiro atoms. The van der Waals surface area contributed by atoms with Gasteiger partial charge < -0.3 is 15.4 Å². The molecule has 1 aromatic carbocycles. The van der Waals surface area contributed by atoms with Gasteiger partial charge in [-0.3, -0.25) is 5.43 Å². The van der Waals surface area contributed by atoms with E-state index in [2.05, 4.69) is 15.7 Å². The SMILES string of the molecule is CN(C)NC(=O)N[C@H](Cc1c[nH]c2ccccc12)C(=O)O. The lowest BCUT2D eigenvalue weighted by Crippen LogP contribution is -2.50. The molecular weight excluding hydrogens is 272 g/mol. The molecule has 1 aromatic heterocycles. The summed E-state index contributed by atoms with van der Waals surface area (Å²) >= 11 is 0. The first-order chi connectivity index (χ1) is 9.97. The van der Waals surface area contributed by atoms with E-state index >= 15 is 0 Å². The first kappa shape index (κ1) is 14.9. The van der Waals surface area contributed by atoms with Crippen molar-refractivity contribution in [2.24, 2.45) is 0 Å². The Kier molecular flexibility index (Phi) is 4.44. The van der Waals surface area contributed by atoms with Crippen molar-refractivity contribution >= 4 is 22.9 Å². The predicted molar refractivity (Wildman–Crippen MR) is 78.8 cm³/mol. The van der Waals surface area contributed by atoms with Crippen molar-refractivity contribution in [2.75, 3.05) is 14.1 Å². The Balaban J connectivity index is 2.13. The highest BCUT2D eigenvalue weighted by atomic mass is 16.4. The highest BCUT2D eigenvalue weighted by molar-refractivity contribution is 5.86. The third-order valence-corrected chi connectivity index (χ3v) is 3.03. The summed E-state index contributed by atoms with van der Waals surface area (Å²) in [5.74, 6) is -1.07. The maximum atomic E-state index is 11.6. The van der Waals surface area contributed by atoms with Gasteiger partial charge in [0.1, 0.15) is 6.04 Å². The molecule has 1 atom stereocenters. The van der Waals surface area contributed by atoms with Gasteiger partial charge >= 0.3 is 12.0 Å². The Hall–Kier alpha value is -2.54. The molecule has 0 aliphatic heterocycles. The first-order valence-electron chi connectivity index (χ1n) is 6.49. The molecule has 2 amide bonds. The number of carboxylic acid groups (broad SMARTS) is 1. The van der Waals surface area contributed by atoms with Crippen LogP contribution in [0.4, 0.5) is 4.79 Å². The van der Waals surface area contributed by atoms with Crippen LogP contribution in [0.2, 0.25) is 0 Å². The fourth-order valence-electron chi connectivity index (χ4n) is 2.11. The maximum Gasteiger partial charge on any atom is 0.330 e. The van der Waals surface area contributed by atoms with Crippen LogP contribution in [0.15, 0.2) is 30.5 Å². The van der Waals surface area contributed by atoms with Gasteiger partial charge in [-0.25, -0.2) is 14.6 Å². The number of nitrogens with zero attached hydrogens (tertiary/aromatic N) is 1. The highest BCUT2D eigenvalue weighted by Gasteiger charge is 2.21. The van der Waals surface area contributed by atoms with Crippen LogP contribution in [0.5, 0.6) is 0 Å². The van der Waals surface area contributed by atoms with Crippen molar-refractivity contribution in [3.05, 3.63) is 36.0 Å². The van der Waals surface area contributed by atoms with E-state index in [1.807, 2.05) is 24.3 Å². The quantitative estimate of drug-likeness (QED) is 0.616. The van der Waals surface area contributed by atoms with E-state index in [1.54, 1.807) is 20.3 Å². The molecule has 21 heavy (non-hydrogen) atoms. The number of benzene rings is 1. The third-order valence-electron chi connectivity index (χ3n) is 3.03. The van der Waals surface area contributed by atoms with E-state index in [-0.39, 0.29) is 6.42 Å². The normalized spacial score (nSPS) is 12.3. The average Bonchev–Trinajstić information content (AvgIpc) is 2.80. The summed E-state index contributed by atoms with van der Waals surface area (Å²) in [5.41, 5.74) is 4.25. The number of nitrogens with one attached hydrogen (secondary N) is 3. The van der Waals surface area contributed by atoms with Gasteiger partial charge in [0.25, 0.3) is 0 Å². The van der Waals surface area contributed by atoms with Crippen molar-refractivity contribution in [1.29, 1.82) is 0 Å². The summed E-state index contributed by atoms with van der Waals surface area (Å²) in [4.78, 5) is 26.0. The van der Waals surface area contributed by atoms with Gasteiger partial charge in [0.05, 0.1) is 0 Å². The summed E-state index contributed by atoms with van der Waals surface area (Å²) < 4.78 is 0. The van der Waals surface area contributed by atoms with Crippen LogP contribution < -0.4 is 10.7 Å². The van der Waals surface area contributed by atoms with E-state index in [9.17, 15) is 14.7 Å². The van der Waals surface area contributed by atoms with Gasteiger partial charge in [0, 0.05) is 37.6 Å². The van der Waals surface area contributed by atoms with Crippen molar-refractivity contribution in [2.45, 2.75) is 12.5 Å². The highest BCUT2D eigenvalue weighted by Crippen LogP contribution is 2.19. The Morgan fingerprint density at radius 2 is 2.05 bits per heavy atom. The number of carbonyl (C=O) groups excluding carboxylic acids is 1. The number of hydrogen-bond acceptors (Lipinski definition) is 3. The lowest BCUT2D eigenvalue weighted by atomic mass is 10.1. The zero-order chi connectivity index (χ0) is 15.4. The Bertz CT molecular complexity index is 650. The number of amides is 2. The van der Waals surface area contributed by atoms with E-state index in [4.69, 9.17) is 0 Å². The summed E-state index contributed by atoms with van der Waals surface area (Å²) in [6.45, 7) is 0. The molecule has 0 radical (unpaired) electrons. The van der Waals surface area contributed by atoms with Gasteiger partial charge in [-0.05, 0) is 11.6 Å². The lowest BCUT2D eigenvalue weighted by molar-refractivity contribution is -0.139. The molecule has 1 heterocycles. The molecule has 7 nitrogen and oxygen atoms in total. The minimum Gasteiger partial charge on any atom is -0.480 e. The number of aromatic nitrogens is 1. The van der Waals surface area contributed by atoms with Crippen molar-refractivity contribution in [3.63, 3.8) is 0 Å². The zero-order valence-corrected chi connectivity index (χ0v) is 11.9. The molecule has 7 heteroatoms. The first-order valence-corrected chi connectivity index (χ1v) is 6.49. The van der Waals surface area contributed by atoms with Crippen LogP contribution in [0, 0.1) is 0 Å². The molecule has 0 unspecified atom stereocenters. The van der Waals surface area contributed by atoms with Crippen LogP contribution in [-0.2, 0) is 11.2 Å². The number of aromatic amines is 1. The molecule has 2 rings (SSSR count). The molecule has 2 aromatic rings. The van der Waals surface area contributed by atoms with Crippen LogP contribution >= 0.6 is 0 Å². The van der Waals surface area contributed by atoms with E-state index in [0.717, 1.165) is 16.5 Å². The van der Waals surface area contributed by atoms with Gasteiger partial charge in [-0.2, -0.15) is 0 Å². The second kappa shape index (κ2) is 6.27. The molecule has 0 saturated carbocycles. The van der Waals surface area contributed by atoms with Gasteiger partial charge in [-0.1, -0.05) is 18.2 Å². The Labute approximate surface area is 121 Å². The number of fused-ring (bicyclic) bond motifs is 1. The van der Waals surface area contributed by atoms with Crippen LogP contribution in [-0.4, -0.2) is 47.2 Å². The van der Waals surface area contributed by atoms with Crippen LogP contribution in [0.25, 0.3) is 10.9 Å². The number of urea groups is 1. The maximum absolute atomic E-state index is 11.6. The molecule has 4 N–H and O–H groups in total. The number of hydrogen-bond donors (Lipinski definition) is 4. The number of H-pyrrole nitrogens is 1. The number of carbonyl (C=O) groups is 2. The monoisotopic (exact) mass is 290 g/mol. The molecule has 112 valence electrons. The van der Waals surface area contributed by atoms with Crippen molar-refractivity contribution in [1.82, 2.24) is 20.7 Å². The third kappa shape index (κ3) is 3.73. The minimum absolute atomic E-state index is 0.209. The van der Waals surface area contributed by atoms with Crippen LogP contribution in [0.3, 0.4) is 0 Å². The average molecular weight is 290 g/mol. The minimum atomic E-state index is -1.07. The van der Waals surface area contributed by atoms with Crippen molar-refractivity contribution < 1.29 is 14.7 Å². The second-order valence-electron chi connectivity index (χ2n) is 4.93. The Morgan fingerprint density at radius 1 is 1.33 bits per heavy atom. The largest absolute Gasteiger partial charge is 0.480 e. The molecule has 0 fully saturated rings. The number of rotatable bonds is 5. The number of aliphatic carboxylic acids is 1. The topological polar surface area (TPSA) is 97.5 Å². The summed E-state index contributed by atoms with van der Waals surface area (Å²) in [6.07, 6.45) is 1.98. The fraction of sp³-hybridized carbons (Fsp3) is 0.286. The molecule has 0 aliphatic rings. The summed E-state index contributed by atoms with van der Waals surface area (Å²) in [5, 5.41) is 14.1. The molecule has 0 aliphatic carbocycles. The lowest BCUT2D eigenvalue weighted by Gasteiger charge is -2.17. The Morgan fingerprint density at radius 3 is 2.71 bits per heavy atom. The van der Waals surface area contributed by atoms with Gasteiger partial charge in [0.2, 0.25) is 0 Å². The molecular formula is C14H18N4O3. The van der Waals surface area contributed by atoms with E-state index < -0.39 is 18.0 Å². The molecule has 0 bridgehead atoms. The second-order valence-corrected chi connectivity index (χ2v) is 4.93. The molecule has 0 saturated heterocycles. The summed E-state index contributed by atoms with van der Waals surface area (Å²) in [7, 11) is 3.30. The predicted octanol–water partition coefficient (Wildman–Crippen LogP) is 0.939. The smallest absolute Gasteiger partial charge is 0.330 e.